The van der Waals surface area contributed by atoms with Gasteiger partial charge in [-0.1, -0.05) is 18.2 Å². The van der Waals surface area contributed by atoms with E-state index in [1.807, 2.05) is 0 Å². The van der Waals surface area contributed by atoms with Gasteiger partial charge in [-0.05, 0) is 31.0 Å². The maximum Gasteiger partial charge on any atom is 0.270 e. The van der Waals surface area contributed by atoms with Crippen LogP contribution < -0.4 is 16.0 Å². The largest absolute Gasteiger partial charge is 0.371 e. The minimum absolute atomic E-state index is 0.0913. The van der Waals surface area contributed by atoms with Crippen molar-refractivity contribution in [1.29, 1.82) is 0 Å². The van der Waals surface area contributed by atoms with E-state index in [0.717, 1.165) is 37.4 Å². The quantitative estimate of drug-likeness (QED) is 0.760. The highest BCUT2D eigenvalue weighted by molar-refractivity contribution is 7.09. The van der Waals surface area contributed by atoms with Gasteiger partial charge in [-0.2, -0.15) is 0 Å². The summed E-state index contributed by atoms with van der Waals surface area (Å²) in [7, 11) is 0. The van der Waals surface area contributed by atoms with Crippen molar-refractivity contribution in [2.75, 3.05) is 31.1 Å². The number of nitrogens with one attached hydrogen (secondary N) is 1. The highest BCUT2D eigenvalue weighted by Gasteiger charge is 2.17. The zero-order valence-electron chi connectivity index (χ0n) is 13.1. The zero-order chi connectivity index (χ0) is 16.1. The number of fused-ring (bicyclic) bond motifs is 1. The van der Waals surface area contributed by atoms with Crippen molar-refractivity contribution in [2.45, 2.75) is 19.3 Å². The molecule has 5 nitrogen and oxygen atoms in total. The molecule has 1 aliphatic heterocycles. The van der Waals surface area contributed by atoms with Gasteiger partial charge in [0, 0.05) is 37.1 Å². The lowest BCUT2D eigenvalue weighted by Crippen LogP contribution is -2.29. The van der Waals surface area contributed by atoms with Crippen LogP contribution in [0.3, 0.4) is 0 Å². The molecule has 0 aliphatic carbocycles. The molecule has 2 heterocycles. The molecule has 122 valence electrons. The van der Waals surface area contributed by atoms with E-state index in [2.05, 4.69) is 39.5 Å². The van der Waals surface area contributed by atoms with Gasteiger partial charge in [0.2, 0.25) is 0 Å². The summed E-state index contributed by atoms with van der Waals surface area (Å²) in [5, 5.41) is 5.67. The molecule has 6 heteroatoms. The monoisotopic (exact) mass is 330 g/mol. The Morgan fingerprint density at radius 3 is 3.13 bits per heavy atom. The summed E-state index contributed by atoms with van der Waals surface area (Å²) in [4.78, 5) is 18.7. The second-order valence-electron chi connectivity index (χ2n) is 5.64. The third-order valence-electron chi connectivity index (χ3n) is 4.02. The maximum atomic E-state index is 12.0. The number of thiazole rings is 1. The van der Waals surface area contributed by atoms with Crippen molar-refractivity contribution in [3.63, 3.8) is 0 Å². The third-order valence-corrected chi connectivity index (χ3v) is 4.92. The van der Waals surface area contributed by atoms with Crippen molar-refractivity contribution in [3.05, 3.63) is 45.9 Å². The van der Waals surface area contributed by atoms with E-state index in [1.165, 1.54) is 22.6 Å². The van der Waals surface area contributed by atoms with E-state index >= 15 is 0 Å². The first kappa shape index (κ1) is 16.0. The summed E-state index contributed by atoms with van der Waals surface area (Å²) in [6.45, 7) is 3.27. The number of para-hydroxylation sites is 1. The smallest absolute Gasteiger partial charge is 0.270 e. The van der Waals surface area contributed by atoms with E-state index < -0.39 is 0 Å². The number of hydrogen-bond donors (Lipinski definition) is 2. The number of rotatable bonds is 7. The number of nitrogens with two attached hydrogens (primary N) is 1. The molecule has 0 atom stereocenters. The Morgan fingerprint density at radius 2 is 2.26 bits per heavy atom. The van der Waals surface area contributed by atoms with E-state index in [4.69, 9.17) is 5.73 Å². The molecule has 0 unspecified atom stereocenters. The summed E-state index contributed by atoms with van der Waals surface area (Å²) in [5.41, 5.74) is 8.76. The summed E-state index contributed by atoms with van der Waals surface area (Å²) < 4.78 is 0. The number of aromatic nitrogens is 1. The van der Waals surface area contributed by atoms with Crippen LogP contribution in [0, 0.1) is 0 Å². The minimum atomic E-state index is -0.0913. The van der Waals surface area contributed by atoms with E-state index in [-0.39, 0.29) is 5.91 Å². The molecule has 1 aromatic heterocycles. The Kier molecular flexibility index (Phi) is 5.25. The number of nitrogens with zero attached hydrogens (tertiary/aromatic N) is 2. The molecule has 2 aromatic rings. The number of carbonyl (C=O) groups is 1. The summed E-state index contributed by atoms with van der Waals surface area (Å²) in [6.07, 6.45) is 2.78. The average Bonchev–Trinajstić information content (AvgIpc) is 3.19. The van der Waals surface area contributed by atoms with E-state index in [1.54, 1.807) is 5.38 Å². The zero-order valence-corrected chi connectivity index (χ0v) is 13.9. The van der Waals surface area contributed by atoms with Crippen LogP contribution in [0.25, 0.3) is 0 Å². The van der Waals surface area contributed by atoms with Crippen molar-refractivity contribution >= 4 is 22.9 Å². The third kappa shape index (κ3) is 3.89. The van der Waals surface area contributed by atoms with E-state index in [9.17, 15) is 4.79 Å². The standard InChI is InChI=1S/C17H22N4OS/c18-8-6-16-20-14(12-23-16)17(22)19-9-3-10-21-11-7-13-4-1-2-5-15(13)21/h1-2,4-5,12H,3,6-11,18H2,(H,19,22). The summed E-state index contributed by atoms with van der Waals surface area (Å²) >= 11 is 1.49. The summed E-state index contributed by atoms with van der Waals surface area (Å²) in [5.74, 6) is -0.0913. The SMILES string of the molecule is NCCc1nc(C(=O)NCCCN2CCc3ccccc32)cs1. The maximum absolute atomic E-state index is 12.0. The van der Waals surface area contributed by atoms with Crippen LogP contribution in [0.4, 0.5) is 5.69 Å². The highest BCUT2D eigenvalue weighted by Crippen LogP contribution is 2.27. The highest BCUT2D eigenvalue weighted by atomic mass is 32.1. The fourth-order valence-electron chi connectivity index (χ4n) is 2.85. The van der Waals surface area contributed by atoms with Crippen molar-refractivity contribution in [3.8, 4) is 0 Å². The normalized spacial score (nSPS) is 13.2. The Hall–Kier alpha value is -1.92. The molecule has 0 saturated carbocycles. The predicted octanol–water partition coefficient (Wildman–Crippen LogP) is 1.83. The van der Waals surface area contributed by atoms with Crippen molar-refractivity contribution in [1.82, 2.24) is 10.3 Å². The first-order valence-corrected chi connectivity index (χ1v) is 8.91. The molecule has 0 fully saturated rings. The number of hydrogen-bond acceptors (Lipinski definition) is 5. The van der Waals surface area contributed by atoms with Crippen LogP contribution in [-0.2, 0) is 12.8 Å². The Labute approximate surface area is 140 Å². The van der Waals surface area contributed by atoms with Gasteiger partial charge < -0.3 is 16.0 Å². The fraction of sp³-hybridized carbons (Fsp3) is 0.412. The lowest BCUT2D eigenvalue weighted by Gasteiger charge is -2.19. The second-order valence-corrected chi connectivity index (χ2v) is 6.58. The molecule has 1 aliphatic rings. The number of anilines is 1. The lowest BCUT2D eigenvalue weighted by atomic mass is 10.2. The molecule has 3 N–H and O–H groups in total. The molecule has 3 rings (SSSR count). The number of amides is 1. The van der Waals surface area contributed by atoms with Crippen LogP contribution in [-0.4, -0.2) is 37.1 Å². The van der Waals surface area contributed by atoms with Crippen LogP contribution in [0.15, 0.2) is 29.6 Å². The molecule has 0 radical (unpaired) electrons. The van der Waals surface area contributed by atoms with Crippen molar-refractivity contribution in [2.24, 2.45) is 5.73 Å². The minimum Gasteiger partial charge on any atom is -0.371 e. The van der Waals surface area contributed by atoms with Gasteiger partial charge in [0.1, 0.15) is 5.69 Å². The molecule has 0 spiro atoms. The summed E-state index contributed by atoms with van der Waals surface area (Å²) in [6, 6.07) is 8.54. The van der Waals surface area contributed by atoms with Crippen molar-refractivity contribution < 1.29 is 4.79 Å². The number of benzene rings is 1. The van der Waals surface area contributed by atoms with Gasteiger partial charge >= 0.3 is 0 Å². The lowest BCUT2D eigenvalue weighted by molar-refractivity contribution is 0.0949. The van der Waals surface area contributed by atoms with Gasteiger partial charge in [-0.15, -0.1) is 11.3 Å². The first-order chi connectivity index (χ1) is 11.3. The first-order valence-electron chi connectivity index (χ1n) is 8.03. The van der Waals surface area contributed by atoms with Crippen LogP contribution in [0.2, 0.25) is 0 Å². The second kappa shape index (κ2) is 7.57. The topological polar surface area (TPSA) is 71.2 Å². The Bertz CT molecular complexity index is 670. The molecule has 0 bridgehead atoms. The Balaban J connectivity index is 1.42. The molecule has 1 aromatic carbocycles. The van der Waals surface area contributed by atoms with Crippen LogP contribution in [0.1, 0.15) is 27.5 Å². The van der Waals surface area contributed by atoms with Crippen LogP contribution >= 0.6 is 11.3 Å². The molecular weight excluding hydrogens is 308 g/mol. The molecule has 1 amide bonds. The number of carbonyl (C=O) groups excluding carboxylic acids is 1. The molecule has 23 heavy (non-hydrogen) atoms. The fourth-order valence-corrected chi connectivity index (χ4v) is 3.65. The van der Waals surface area contributed by atoms with Gasteiger partial charge in [0.05, 0.1) is 5.01 Å². The molecule has 0 saturated heterocycles. The average molecular weight is 330 g/mol. The Morgan fingerprint density at radius 1 is 1.39 bits per heavy atom. The van der Waals surface area contributed by atoms with E-state index in [0.29, 0.717) is 18.8 Å². The molecular formula is C17H22N4OS. The van der Waals surface area contributed by atoms with Gasteiger partial charge in [-0.3, -0.25) is 4.79 Å². The van der Waals surface area contributed by atoms with Gasteiger partial charge in [0.15, 0.2) is 0 Å². The van der Waals surface area contributed by atoms with Crippen LogP contribution in [0.5, 0.6) is 0 Å². The predicted molar refractivity (Wildman–Crippen MR) is 94.2 cm³/mol. The van der Waals surface area contributed by atoms with Gasteiger partial charge in [0.25, 0.3) is 5.91 Å². The van der Waals surface area contributed by atoms with Gasteiger partial charge in [-0.25, -0.2) is 4.98 Å².